The van der Waals surface area contributed by atoms with Crippen molar-refractivity contribution in [3.63, 3.8) is 0 Å². The Labute approximate surface area is 88.3 Å². The molecule has 0 heterocycles. The van der Waals surface area contributed by atoms with Crippen LogP contribution in [0.3, 0.4) is 0 Å². The Morgan fingerprint density at radius 3 is 2.71 bits per heavy atom. The van der Waals surface area contributed by atoms with Gasteiger partial charge in [0.2, 0.25) is 0 Å². The van der Waals surface area contributed by atoms with Gasteiger partial charge in [0, 0.05) is 11.2 Å². The summed E-state index contributed by atoms with van der Waals surface area (Å²) in [6.45, 7) is 3.89. The maximum atomic E-state index is 6.76. The first-order valence-electron chi connectivity index (χ1n) is 4.20. The highest BCUT2D eigenvalue weighted by atomic mass is 35.5. The number of nitrogens with zero attached hydrogens (tertiary/aromatic N) is 1. The van der Waals surface area contributed by atoms with Crippen molar-refractivity contribution in [3.8, 4) is 0 Å². The van der Waals surface area contributed by atoms with Crippen molar-refractivity contribution in [2.75, 3.05) is 5.43 Å². The Hall–Kier alpha value is -1.35. The lowest BCUT2D eigenvalue weighted by atomic mass is 10.1. The standard InChI is InChI=1S/C10H12ClN3/c1-7-6-10(14-13-4-3-12)8(2)5-9(7)11/h3-6,12,14H,1-2H3/b12-3?,13-4-. The summed E-state index contributed by atoms with van der Waals surface area (Å²) < 4.78 is 0. The third-order valence-electron chi connectivity index (χ3n) is 1.84. The molecule has 1 rings (SSSR count). The molecule has 0 bridgehead atoms. The van der Waals surface area contributed by atoms with E-state index in [2.05, 4.69) is 10.5 Å². The molecule has 2 N–H and O–H groups in total. The molecule has 0 atom stereocenters. The zero-order chi connectivity index (χ0) is 10.6. The highest BCUT2D eigenvalue weighted by Crippen LogP contribution is 2.23. The van der Waals surface area contributed by atoms with Gasteiger partial charge < -0.3 is 5.41 Å². The predicted octanol–water partition coefficient (Wildman–Crippen LogP) is 3.00. The molecule has 0 radical (unpaired) electrons. The molecule has 0 aliphatic rings. The lowest BCUT2D eigenvalue weighted by molar-refractivity contribution is 1.29. The van der Waals surface area contributed by atoms with Gasteiger partial charge in [0.05, 0.1) is 11.9 Å². The van der Waals surface area contributed by atoms with Gasteiger partial charge in [-0.1, -0.05) is 11.6 Å². The summed E-state index contributed by atoms with van der Waals surface area (Å²) in [6.07, 6.45) is 2.49. The van der Waals surface area contributed by atoms with E-state index in [1.165, 1.54) is 6.21 Å². The van der Waals surface area contributed by atoms with E-state index in [-0.39, 0.29) is 0 Å². The lowest BCUT2D eigenvalue weighted by Gasteiger charge is -2.07. The molecule has 1 aromatic rings. The molecule has 3 nitrogen and oxygen atoms in total. The number of hydrogen-bond acceptors (Lipinski definition) is 3. The second-order valence-electron chi connectivity index (χ2n) is 2.97. The molecule has 0 amide bonds. The van der Waals surface area contributed by atoms with Crippen LogP contribution in [0.5, 0.6) is 0 Å². The smallest absolute Gasteiger partial charge is 0.0648 e. The van der Waals surface area contributed by atoms with E-state index in [1.54, 1.807) is 0 Å². The van der Waals surface area contributed by atoms with Crippen molar-refractivity contribution in [2.45, 2.75) is 13.8 Å². The summed E-state index contributed by atoms with van der Waals surface area (Å²) in [5, 5.41) is 11.3. The molecule has 0 unspecified atom stereocenters. The molecule has 0 aromatic heterocycles. The average Bonchev–Trinajstić information content (AvgIpc) is 2.14. The molecule has 0 saturated heterocycles. The van der Waals surface area contributed by atoms with Crippen molar-refractivity contribution in [1.82, 2.24) is 0 Å². The summed E-state index contributed by atoms with van der Waals surface area (Å²) >= 11 is 5.94. The van der Waals surface area contributed by atoms with Crippen LogP contribution >= 0.6 is 11.6 Å². The van der Waals surface area contributed by atoms with E-state index in [9.17, 15) is 0 Å². The Balaban J connectivity index is 2.92. The highest BCUT2D eigenvalue weighted by molar-refractivity contribution is 6.31. The maximum absolute atomic E-state index is 6.76. The van der Waals surface area contributed by atoms with Gasteiger partial charge >= 0.3 is 0 Å². The second kappa shape index (κ2) is 4.77. The number of benzene rings is 1. The Bertz CT molecular complexity index is 372. The van der Waals surface area contributed by atoms with Crippen molar-refractivity contribution in [3.05, 3.63) is 28.3 Å². The Morgan fingerprint density at radius 1 is 1.36 bits per heavy atom. The molecule has 0 aliphatic heterocycles. The zero-order valence-electron chi connectivity index (χ0n) is 8.13. The molecule has 0 saturated carbocycles. The largest absolute Gasteiger partial charge is 0.307 e. The van der Waals surface area contributed by atoms with Gasteiger partial charge in [-0.3, -0.25) is 5.43 Å². The van der Waals surface area contributed by atoms with Crippen molar-refractivity contribution >= 4 is 29.7 Å². The number of rotatable bonds is 3. The average molecular weight is 210 g/mol. The minimum absolute atomic E-state index is 0.754. The van der Waals surface area contributed by atoms with E-state index in [1.807, 2.05) is 26.0 Å². The minimum atomic E-state index is 0.754. The summed E-state index contributed by atoms with van der Waals surface area (Å²) in [5.41, 5.74) is 5.78. The third-order valence-corrected chi connectivity index (χ3v) is 2.25. The van der Waals surface area contributed by atoms with E-state index in [0.29, 0.717) is 0 Å². The van der Waals surface area contributed by atoms with Gasteiger partial charge in [-0.05, 0) is 37.1 Å². The first kappa shape index (κ1) is 10.7. The number of aryl methyl sites for hydroxylation is 2. The van der Waals surface area contributed by atoms with Crippen LogP contribution in [0.25, 0.3) is 0 Å². The fourth-order valence-electron chi connectivity index (χ4n) is 1.05. The first-order valence-corrected chi connectivity index (χ1v) is 4.58. The van der Waals surface area contributed by atoms with Gasteiger partial charge in [-0.15, -0.1) is 0 Å². The molecule has 0 aliphatic carbocycles. The molecule has 0 fully saturated rings. The number of anilines is 1. The summed E-state index contributed by atoms with van der Waals surface area (Å²) in [7, 11) is 0. The van der Waals surface area contributed by atoms with E-state index < -0.39 is 0 Å². The molecular formula is C10H12ClN3. The van der Waals surface area contributed by atoms with Gasteiger partial charge in [0.15, 0.2) is 0 Å². The molecule has 74 valence electrons. The van der Waals surface area contributed by atoms with Gasteiger partial charge in [0.1, 0.15) is 0 Å². The highest BCUT2D eigenvalue weighted by Gasteiger charge is 2.01. The number of hydrogen-bond donors (Lipinski definition) is 2. The third kappa shape index (κ3) is 2.57. The van der Waals surface area contributed by atoms with Crippen LogP contribution in [-0.4, -0.2) is 12.4 Å². The van der Waals surface area contributed by atoms with Crippen LogP contribution in [0.2, 0.25) is 5.02 Å². The van der Waals surface area contributed by atoms with Crippen LogP contribution in [-0.2, 0) is 0 Å². The first-order chi connectivity index (χ1) is 6.65. The SMILES string of the molecule is Cc1cc(N/N=C\C=N)c(C)cc1Cl. The van der Waals surface area contributed by atoms with Gasteiger partial charge in [0.25, 0.3) is 0 Å². The normalized spacial score (nSPS) is 10.5. The number of hydrazone groups is 1. The van der Waals surface area contributed by atoms with Crippen LogP contribution < -0.4 is 5.43 Å². The fourth-order valence-corrected chi connectivity index (χ4v) is 1.26. The summed E-state index contributed by atoms with van der Waals surface area (Å²) in [4.78, 5) is 0. The monoisotopic (exact) mass is 209 g/mol. The van der Waals surface area contributed by atoms with Crippen LogP contribution in [0, 0.1) is 19.3 Å². The Kier molecular flexibility index (Phi) is 3.65. The molecule has 4 heteroatoms. The second-order valence-corrected chi connectivity index (χ2v) is 3.38. The lowest BCUT2D eigenvalue weighted by Crippen LogP contribution is -1.93. The molecule has 1 aromatic carbocycles. The quantitative estimate of drug-likeness (QED) is 0.584. The van der Waals surface area contributed by atoms with Crippen LogP contribution in [0.1, 0.15) is 11.1 Å². The van der Waals surface area contributed by atoms with Crippen molar-refractivity contribution in [1.29, 1.82) is 5.41 Å². The molecule has 14 heavy (non-hydrogen) atoms. The number of halogens is 1. The minimum Gasteiger partial charge on any atom is -0.307 e. The molecular weight excluding hydrogens is 198 g/mol. The molecule has 0 spiro atoms. The van der Waals surface area contributed by atoms with E-state index >= 15 is 0 Å². The Morgan fingerprint density at radius 2 is 2.07 bits per heavy atom. The fraction of sp³-hybridized carbons (Fsp3) is 0.200. The summed E-state index contributed by atoms with van der Waals surface area (Å²) in [5.74, 6) is 0. The zero-order valence-corrected chi connectivity index (χ0v) is 8.89. The van der Waals surface area contributed by atoms with E-state index in [0.717, 1.165) is 28.1 Å². The van der Waals surface area contributed by atoms with Crippen LogP contribution in [0.15, 0.2) is 17.2 Å². The van der Waals surface area contributed by atoms with Crippen molar-refractivity contribution in [2.24, 2.45) is 5.10 Å². The topological polar surface area (TPSA) is 48.2 Å². The van der Waals surface area contributed by atoms with Crippen molar-refractivity contribution < 1.29 is 0 Å². The maximum Gasteiger partial charge on any atom is 0.0648 e. The van der Waals surface area contributed by atoms with Gasteiger partial charge in [-0.25, -0.2) is 0 Å². The van der Waals surface area contributed by atoms with Crippen LogP contribution in [0.4, 0.5) is 5.69 Å². The summed E-state index contributed by atoms with van der Waals surface area (Å²) in [6, 6.07) is 3.82. The van der Waals surface area contributed by atoms with Gasteiger partial charge in [-0.2, -0.15) is 5.10 Å². The number of nitrogens with one attached hydrogen (secondary N) is 2. The predicted molar refractivity (Wildman–Crippen MR) is 61.8 cm³/mol. The van der Waals surface area contributed by atoms with E-state index in [4.69, 9.17) is 17.0 Å².